The first-order chi connectivity index (χ1) is 17.1. The number of amides is 1. The maximum absolute atomic E-state index is 13.5. The fourth-order valence-corrected chi connectivity index (χ4v) is 4.62. The Balaban J connectivity index is 1.35. The normalized spacial score (nSPS) is 14.0. The number of H-pyrrole nitrogens is 1. The maximum Gasteiger partial charge on any atom is 0.248 e. The number of nitrogens with two attached hydrogens (primary N) is 1. The van der Waals surface area contributed by atoms with Crippen LogP contribution >= 0.6 is 0 Å². The molecular weight excluding hydrogens is 439 g/mol. The van der Waals surface area contributed by atoms with Gasteiger partial charge in [-0.3, -0.25) is 14.7 Å². The van der Waals surface area contributed by atoms with E-state index in [2.05, 4.69) is 27.1 Å². The molecule has 1 aliphatic heterocycles. The molecule has 2 aromatic heterocycles. The number of primary amides is 1. The standard InChI is InChI=1S/C29H27FN4O/c30-25-7-5-23(6-8-25)28-27(22-9-14-32-15-10-22)26(19-33-28)21-12-17-34(18-13-21)16-11-20-1-3-24(4-2-20)29(31)35/h1-10,12,14-15,19,33H,11,13,16-18H2,(H2,31,35). The van der Waals surface area contributed by atoms with Gasteiger partial charge in [-0.15, -0.1) is 0 Å². The van der Waals surface area contributed by atoms with Gasteiger partial charge in [0.1, 0.15) is 5.82 Å². The van der Waals surface area contributed by atoms with Gasteiger partial charge in [0.2, 0.25) is 5.91 Å². The van der Waals surface area contributed by atoms with E-state index >= 15 is 0 Å². The van der Waals surface area contributed by atoms with Crippen LogP contribution in [0.2, 0.25) is 0 Å². The Morgan fingerprint density at radius 3 is 2.40 bits per heavy atom. The second kappa shape index (κ2) is 10.1. The van der Waals surface area contributed by atoms with Crippen molar-refractivity contribution in [3.8, 4) is 22.4 Å². The quantitative estimate of drug-likeness (QED) is 0.387. The molecule has 3 N–H and O–H groups in total. The molecule has 3 heterocycles. The molecule has 0 fully saturated rings. The van der Waals surface area contributed by atoms with Gasteiger partial charge in [-0.25, -0.2) is 4.39 Å². The lowest BCUT2D eigenvalue weighted by molar-refractivity contribution is 0.100. The lowest BCUT2D eigenvalue weighted by atomic mass is 9.92. The number of aromatic nitrogens is 2. The average Bonchev–Trinajstić information content (AvgIpc) is 3.34. The van der Waals surface area contributed by atoms with Gasteiger partial charge in [0.25, 0.3) is 0 Å². The van der Waals surface area contributed by atoms with Crippen molar-refractivity contribution in [2.24, 2.45) is 5.73 Å². The van der Waals surface area contributed by atoms with E-state index in [4.69, 9.17) is 5.73 Å². The third-order valence-electron chi connectivity index (χ3n) is 6.58. The van der Waals surface area contributed by atoms with Gasteiger partial charge in [-0.2, -0.15) is 0 Å². The second-order valence-corrected chi connectivity index (χ2v) is 8.79. The zero-order valence-electron chi connectivity index (χ0n) is 19.4. The molecule has 6 heteroatoms. The van der Waals surface area contributed by atoms with E-state index in [0.29, 0.717) is 5.56 Å². The summed E-state index contributed by atoms with van der Waals surface area (Å²) >= 11 is 0. The summed E-state index contributed by atoms with van der Waals surface area (Å²) < 4.78 is 13.5. The Morgan fingerprint density at radius 1 is 1.00 bits per heavy atom. The van der Waals surface area contributed by atoms with Crippen LogP contribution in [0.1, 0.15) is 27.9 Å². The van der Waals surface area contributed by atoms with Crippen molar-refractivity contribution in [3.63, 3.8) is 0 Å². The Hall–Kier alpha value is -4.03. The van der Waals surface area contributed by atoms with Gasteiger partial charge >= 0.3 is 0 Å². The van der Waals surface area contributed by atoms with Crippen LogP contribution in [0.25, 0.3) is 28.0 Å². The van der Waals surface area contributed by atoms with Crippen LogP contribution in [-0.4, -0.2) is 40.4 Å². The highest BCUT2D eigenvalue weighted by Gasteiger charge is 2.20. The Morgan fingerprint density at radius 2 is 1.74 bits per heavy atom. The van der Waals surface area contributed by atoms with E-state index in [1.807, 2.05) is 36.4 Å². The number of carbonyl (C=O) groups is 1. The molecule has 5 nitrogen and oxygen atoms in total. The molecule has 0 saturated heterocycles. The van der Waals surface area contributed by atoms with E-state index in [-0.39, 0.29) is 5.82 Å². The molecule has 0 spiro atoms. The first-order valence-electron chi connectivity index (χ1n) is 11.8. The van der Waals surface area contributed by atoms with Gasteiger partial charge in [-0.1, -0.05) is 18.2 Å². The van der Waals surface area contributed by atoms with E-state index in [0.717, 1.165) is 54.9 Å². The summed E-state index contributed by atoms with van der Waals surface area (Å²) in [6.45, 7) is 2.80. The molecule has 5 rings (SSSR count). The SMILES string of the molecule is NC(=O)c1ccc(CCN2CC=C(c3c[nH]c(-c4ccc(F)cc4)c3-c3ccncc3)CC2)cc1. The molecular formula is C29H27FN4O. The van der Waals surface area contributed by atoms with Crippen molar-refractivity contribution in [2.75, 3.05) is 19.6 Å². The zero-order chi connectivity index (χ0) is 24.2. The summed E-state index contributed by atoms with van der Waals surface area (Å²) in [5.41, 5.74) is 13.7. The first kappa shape index (κ1) is 22.7. The minimum atomic E-state index is -0.399. The highest BCUT2D eigenvalue weighted by atomic mass is 19.1. The van der Waals surface area contributed by atoms with Gasteiger partial charge in [0.15, 0.2) is 0 Å². The number of carbonyl (C=O) groups excluding carboxylic acids is 1. The van der Waals surface area contributed by atoms with Gasteiger partial charge in [0, 0.05) is 54.9 Å². The van der Waals surface area contributed by atoms with Crippen molar-refractivity contribution >= 4 is 11.5 Å². The van der Waals surface area contributed by atoms with Gasteiger partial charge in [-0.05, 0) is 83.6 Å². The molecule has 0 radical (unpaired) electrons. The molecule has 1 amide bonds. The number of hydrogen-bond donors (Lipinski definition) is 2. The second-order valence-electron chi connectivity index (χ2n) is 8.79. The Kier molecular flexibility index (Phi) is 6.55. The molecule has 4 aromatic rings. The number of pyridine rings is 1. The fourth-order valence-electron chi connectivity index (χ4n) is 4.62. The summed E-state index contributed by atoms with van der Waals surface area (Å²) in [6.07, 6.45) is 9.84. The molecule has 35 heavy (non-hydrogen) atoms. The summed E-state index contributed by atoms with van der Waals surface area (Å²) in [4.78, 5) is 21.3. The molecule has 0 unspecified atom stereocenters. The fraction of sp³-hybridized carbons (Fsp3) is 0.172. The third kappa shape index (κ3) is 5.08. The Bertz CT molecular complexity index is 1340. The minimum Gasteiger partial charge on any atom is -0.366 e. The number of benzene rings is 2. The van der Waals surface area contributed by atoms with E-state index in [1.54, 1.807) is 24.5 Å². The van der Waals surface area contributed by atoms with Gasteiger partial charge in [0.05, 0.1) is 5.69 Å². The van der Waals surface area contributed by atoms with Crippen LogP contribution < -0.4 is 5.73 Å². The average molecular weight is 467 g/mol. The minimum absolute atomic E-state index is 0.245. The number of hydrogen-bond acceptors (Lipinski definition) is 3. The number of nitrogens with one attached hydrogen (secondary N) is 1. The van der Waals surface area contributed by atoms with Crippen LogP contribution in [0.15, 0.2) is 85.3 Å². The number of halogens is 1. The number of nitrogens with zero attached hydrogens (tertiary/aromatic N) is 2. The van der Waals surface area contributed by atoms with Gasteiger partial charge < -0.3 is 10.7 Å². The molecule has 0 aliphatic carbocycles. The van der Waals surface area contributed by atoms with Crippen molar-refractivity contribution in [3.05, 3.63) is 108 Å². The lowest BCUT2D eigenvalue weighted by Crippen LogP contribution is -2.30. The Labute approximate surface area is 204 Å². The zero-order valence-corrected chi connectivity index (χ0v) is 19.4. The van der Waals surface area contributed by atoms with Crippen LogP contribution in [0.4, 0.5) is 4.39 Å². The molecule has 0 bridgehead atoms. The first-order valence-corrected chi connectivity index (χ1v) is 11.8. The smallest absolute Gasteiger partial charge is 0.248 e. The highest BCUT2D eigenvalue weighted by molar-refractivity contribution is 5.93. The summed E-state index contributed by atoms with van der Waals surface area (Å²) in [6, 6.07) is 18.2. The van der Waals surface area contributed by atoms with Crippen molar-refractivity contribution in [2.45, 2.75) is 12.8 Å². The summed E-state index contributed by atoms with van der Waals surface area (Å²) in [5.74, 6) is -0.645. The molecule has 0 saturated carbocycles. The predicted molar refractivity (Wildman–Crippen MR) is 137 cm³/mol. The van der Waals surface area contributed by atoms with E-state index < -0.39 is 5.91 Å². The predicted octanol–water partition coefficient (Wildman–Crippen LogP) is 5.31. The highest BCUT2D eigenvalue weighted by Crippen LogP contribution is 2.39. The maximum atomic E-state index is 13.5. The molecule has 176 valence electrons. The summed E-state index contributed by atoms with van der Waals surface area (Å²) in [5, 5.41) is 0. The molecule has 0 atom stereocenters. The van der Waals surface area contributed by atoms with Crippen LogP contribution in [-0.2, 0) is 6.42 Å². The number of aromatic amines is 1. The van der Waals surface area contributed by atoms with Crippen LogP contribution in [0.5, 0.6) is 0 Å². The monoisotopic (exact) mass is 466 g/mol. The van der Waals surface area contributed by atoms with Crippen molar-refractivity contribution in [1.29, 1.82) is 0 Å². The van der Waals surface area contributed by atoms with Crippen LogP contribution in [0.3, 0.4) is 0 Å². The lowest BCUT2D eigenvalue weighted by Gasteiger charge is -2.26. The summed E-state index contributed by atoms with van der Waals surface area (Å²) in [7, 11) is 0. The molecule has 2 aromatic carbocycles. The van der Waals surface area contributed by atoms with E-state index in [1.165, 1.54) is 28.8 Å². The third-order valence-corrected chi connectivity index (χ3v) is 6.58. The number of rotatable bonds is 7. The van der Waals surface area contributed by atoms with E-state index in [9.17, 15) is 9.18 Å². The van der Waals surface area contributed by atoms with Crippen molar-refractivity contribution < 1.29 is 9.18 Å². The van der Waals surface area contributed by atoms with Crippen LogP contribution in [0, 0.1) is 5.82 Å². The molecule has 1 aliphatic rings. The largest absolute Gasteiger partial charge is 0.366 e. The topological polar surface area (TPSA) is 75.0 Å². The van der Waals surface area contributed by atoms with Crippen molar-refractivity contribution in [1.82, 2.24) is 14.9 Å².